The van der Waals surface area contributed by atoms with Crippen LogP contribution in [0.1, 0.15) is 32.1 Å². The van der Waals surface area contributed by atoms with Gasteiger partial charge in [0.25, 0.3) is 0 Å². The number of anilines is 1. The Hall–Kier alpha value is -0.870. The van der Waals surface area contributed by atoms with Gasteiger partial charge in [0, 0.05) is 18.2 Å². The maximum atomic E-state index is 9.58. The molecule has 2 N–H and O–H groups in total. The number of hydrogen-bond donors (Lipinski definition) is 2. The maximum Gasteiger partial charge on any atom is 0.224 e. The van der Waals surface area contributed by atoms with Crippen LogP contribution in [0.4, 0.5) is 5.82 Å². The van der Waals surface area contributed by atoms with Crippen LogP contribution in [0.15, 0.2) is 12.3 Å². The monoisotopic (exact) mass is 255 g/mol. The first-order chi connectivity index (χ1) is 8.24. The average Bonchev–Trinajstić information content (AvgIpc) is 2.38. The molecule has 0 unspecified atom stereocenters. The predicted molar refractivity (Wildman–Crippen MR) is 68.1 cm³/mol. The molecule has 1 aromatic heterocycles. The summed E-state index contributed by atoms with van der Waals surface area (Å²) in [6, 6.07) is 1.79. The predicted octanol–water partition coefficient (Wildman–Crippen LogP) is 2.48. The van der Waals surface area contributed by atoms with E-state index in [0.717, 1.165) is 25.2 Å². The van der Waals surface area contributed by atoms with E-state index in [2.05, 4.69) is 15.3 Å². The van der Waals surface area contributed by atoms with Gasteiger partial charge in [-0.25, -0.2) is 9.97 Å². The standard InChI is InChI=1S/C12H18ClN3O/c13-11-14-7-4-10(16-11)15-8-12(9-17)5-2-1-3-6-12/h4,7,17H,1-3,5-6,8-9H2,(H,14,15,16). The van der Waals surface area contributed by atoms with E-state index in [-0.39, 0.29) is 17.3 Å². The van der Waals surface area contributed by atoms with Gasteiger partial charge in [-0.1, -0.05) is 19.3 Å². The van der Waals surface area contributed by atoms with Crippen molar-refractivity contribution in [3.8, 4) is 0 Å². The van der Waals surface area contributed by atoms with E-state index in [1.807, 2.05) is 0 Å². The summed E-state index contributed by atoms with van der Waals surface area (Å²) >= 11 is 5.72. The number of halogens is 1. The average molecular weight is 256 g/mol. The SMILES string of the molecule is OCC1(CNc2ccnc(Cl)n2)CCCCC1. The smallest absolute Gasteiger partial charge is 0.224 e. The number of aliphatic hydroxyl groups excluding tert-OH is 1. The normalized spacial score (nSPS) is 18.9. The van der Waals surface area contributed by atoms with Crippen LogP contribution < -0.4 is 5.32 Å². The zero-order chi connectivity index (χ0) is 12.1. The van der Waals surface area contributed by atoms with Gasteiger partial charge in [-0.3, -0.25) is 0 Å². The second kappa shape index (κ2) is 5.65. The Morgan fingerprint density at radius 3 is 2.76 bits per heavy atom. The second-order valence-corrected chi connectivity index (χ2v) is 5.12. The Balaban J connectivity index is 1.95. The van der Waals surface area contributed by atoms with E-state index in [9.17, 15) is 5.11 Å². The molecule has 1 aromatic rings. The fourth-order valence-corrected chi connectivity index (χ4v) is 2.55. The Morgan fingerprint density at radius 1 is 1.35 bits per heavy atom. The molecule has 1 aliphatic rings. The first-order valence-electron chi connectivity index (χ1n) is 6.07. The molecule has 0 aromatic carbocycles. The van der Waals surface area contributed by atoms with Gasteiger partial charge in [0.05, 0.1) is 6.61 Å². The zero-order valence-corrected chi connectivity index (χ0v) is 10.6. The van der Waals surface area contributed by atoms with Gasteiger partial charge in [0.1, 0.15) is 5.82 Å². The largest absolute Gasteiger partial charge is 0.396 e. The zero-order valence-electron chi connectivity index (χ0n) is 9.82. The van der Waals surface area contributed by atoms with Crippen LogP contribution in [0.2, 0.25) is 5.28 Å². The summed E-state index contributed by atoms with van der Waals surface area (Å²) < 4.78 is 0. The lowest BCUT2D eigenvalue weighted by atomic mass is 9.74. The topological polar surface area (TPSA) is 58.0 Å². The number of nitrogens with one attached hydrogen (secondary N) is 1. The quantitative estimate of drug-likeness (QED) is 0.812. The summed E-state index contributed by atoms with van der Waals surface area (Å²) in [4.78, 5) is 7.92. The molecule has 1 heterocycles. The number of nitrogens with zero attached hydrogens (tertiary/aromatic N) is 2. The lowest BCUT2D eigenvalue weighted by molar-refractivity contribution is 0.0943. The summed E-state index contributed by atoms with van der Waals surface area (Å²) in [6.45, 7) is 0.982. The third kappa shape index (κ3) is 3.30. The van der Waals surface area contributed by atoms with Crippen LogP contribution in [-0.4, -0.2) is 28.2 Å². The molecule has 1 aliphatic carbocycles. The molecular formula is C12H18ClN3O. The van der Waals surface area contributed by atoms with Gasteiger partial charge in [0.15, 0.2) is 0 Å². The highest BCUT2D eigenvalue weighted by atomic mass is 35.5. The van der Waals surface area contributed by atoms with Crippen molar-refractivity contribution in [3.63, 3.8) is 0 Å². The summed E-state index contributed by atoms with van der Waals surface area (Å²) in [7, 11) is 0. The molecule has 1 saturated carbocycles. The second-order valence-electron chi connectivity index (χ2n) is 4.78. The van der Waals surface area contributed by atoms with Crippen LogP contribution >= 0.6 is 11.6 Å². The van der Waals surface area contributed by atoms with E-state index in [4.69, 9.17) is 11.6 Å². The van der Waals surface area contributed by atoms with Gasteiger partial charge in [-0.05, 0) is 30.5 Å². The fourth-order valence-electron chi connectivity index (χ4n) is 2.40. The molecule has 0 radical (unpaired) electrons. The van der Waals surface area contributed by atoms with Crippen molar-refractivity contribution >= 4 is 17.4 Å². The Bertz CT molecular complexity index is 367. The molecule has 0 spiro atoms. The summed E-state index contributed by atoms with van der Waals surface area (Å²) in [5.74, 6) is 0.725. The van der Waals surface area contributed by atoms with Crippen molar-refractivity contribution in [1.82, 2.24) is 9.97 Å². The van der Waals surface area contributed by atoms with Gasteiger partial charge in [-0.2, -0.15) is 0 Å². The van der Waals surface area contributed by atoms with Crippen molar-refractivity contribution in [2.45, 2.75) is 32.1 Å². The molecule has 17 heavy (non-hydrogen) atoms. The highest BCUT2D eigenvalue weighted by molar-refractivity contribution is 6.28. The molecule has 94 valence electrons. The van der Waals surface area contributed by atoms with Crippen molar-refractivity contribution in [1.29, 1.82) is 0 Å². The van der Waals surface area contributed by atoms with E-state index in [1.54, 1.807) is 12.3 Å². The van der Waals surface area contributed by atoms with E-state index >= 15 is 0 Å². The third-order valence-electron chi connectivity index (χ3n) is 3.52. The molecule has 0 amide bonds. The Kier molecular flexibility index (Phi) is 4.18. The third-order valence-corrected chi connectivity index (χ3v) is 3.70. The Labute approximate surface area is 106 Å². The Morgan fingerprint density at radius 2 is 2.12 bits per heavy atom. The highest BCUT2D eigenvalue weighted by Crippen LogP contribution is 2.35. The summed E-state index contributed by atoms with van der Waals surface area (Å²) in [6.07, 6.45) is 7.47. The number of rotatable bonds is 4. The lowest BCUT2D eigenvalue weighted by Gasteiger charge is -2.35. The first-order valence-corrected chi connectivity index (χ1v) is 6.45. The minimum Gasteiger partial charge on any atom is -0.396 e. The molecule has 0 aliphatic heterocycles. The molecule has 5 heteroatoms. The summed E-state index contributed by atoms with van der Waals surface area (Å²) in [5.41, 5.74) is 0.00960. The fraction of sp³-hybridized carbons (Fsp3) is 0.667. The van der Waals surface area contributed by atoms with Gasteiger partial charge in [0.2, 0.25) is 5.28 Å². The van der Waals surface area contributed by atoms with Crippen molar-refractivity contribution in [2.24, 2.45) is 5.41 Å². The van der Waals surface area contributed by atoms with Crippen molar-refractivity contribution in [3.05, 3.63) is 17.5 Å². The van der Waals surface area contributed by atoms with Crippen molar-refractivity contribution in [2.75, 3.05) is 18.5 Å². The van der Waals surface area contributed by atoms with E-state index in [1.165, 1.54) is 19.3 Å². The highest BCUT2D eigenvalue weighted by Gasteiger charge is 2.31. The van der Waals surface area contributed by atoms with E-state index < -0.39 is 0 Å². The minimum atomic E-state index is 0.00960. The van der Waals surface area contributed by atoms with Crippen LogP contribution in [0.5, 0.6) is 0 Å². The molecular weight excluding hydrogens is 238 g/mol. The molecule has 1 fully saturated rings. The number of hydrogen-bond acceptors (Lipinski definition) is 4. The number of aromatic nitrogens is 2. The molecule has 0 atom stereocenters. The van der Waals surface area contributed by atoms with Gasteiger partial charge < -0.3 is 10.4 Å². The van der Waals surface area contributed by atoms with Crippen LogP contribution in [-0.2, 0) is 0 Å². The van der Waals surface area contributed by atoms with Gasteiger partial charge in [-0.15, -0.1) is 0 Å². The van der Waals surface area contributed by atoms with Crippen LogP contribution in [0.3, 0.4) is 0 Å². The molecule has 4 nitrogen and oxygen atoms in total. The minimum absolute atomic E-state index is 0.00960. The summed E-state index contributed by atoms with van der Waals surface area (Å²) in [5, 5.41) is 13.1. The van der Waals surface area contributed by atoms with Crippen LogP contribution in [0, 0.1) is 5.41 Å². The molecule has 0 saturated heterocycles. The van der Waals surface area contributed by atoms with Crippen molar-refractivity contribution < 1.29 is 5.11 Å². The van der Waals surface area contributed by atoms with Gasteiger partial charge >= 0.3 is 0 Å². The van der Waals surface area contributed by atoms with E-state index in [0.29, 0.717) is 0 Å². The maximum absolute atomic E-state index is 9.58. The molecule has 0 bridgehead atoms. The molecule has 2 rings (SSSR count). The first kappa shape index (κ1) is 12.6. The lowest BCUT2D eigenvalue weighted by Crippen LogP contribution is -2.35. The van der Waals surface area contributed by atoms with Crippen LogP contribution in [0.25, 0.3) is 0 Å². The number of aliphatic hydroxyl groups is 1.